The molecule has 0 saturated carbocycles. The Hall–Kier alpha value is -2.43. The Morgan fingerprint density at radius 1 is 1.10 bits per heavy atom. The van der Waals surface area contributed by atoms with Gasteiger partial charge < -0.3 is 10.6 Å². The number of rotatable bonds is 3. The molecule has 3 nitrogen and oxygen atoms in total. The minimum atomic E-state index is -0.812. The molecule has 0 radical (unpaired) electrons. The number of hydrogen-bond donors (Lipinski definition) is 2. The number of hydrogen-bond acceptors (Lipinski definition) is 1. The van der Waals surface area contributed by atoms with Crippen LogP contribution in [-0.2, 0) is 0 Å². The van der Waals surface area contributed by atoms with E-state index < -0.39 is 17.7 Å². The van der Waals surface area contributed by atoms with Crippen molar-refractivity contribution in [2.75, 3.05) is 5.32 Å². The van der Waals surface area contributed by atoms with Gasteiger partial charge in [0.1, 0.15) is 11.6 Å². The van der Waals surface area contributed by atoms with Gasteiger partial charge in [0.25, 0.3) is 0 Å². The van der Waals surface area contributed by atoms with Gasteiger partial charge in [-0.25, -0.2) is 13.6 Å². The summed E-state index contributed by atoms with van der Waals surface area (Å²) in [6.07, 6.45) is 0. The monoisotopic (exact) mass is 276 g/mol. The highest BCUT2D eigenvalue weighted by Gasteiger charge is 2.11. The van der Waals surface area contributed by atoms with Crippen molar-refractivity contribution in [2.24, 2.45) is 0 Å². The molecule has 2 N–H and O–H groups in total. The van der Waals surface area contributed by atoms with Crippen LogP contribution in [0.3, 0.4) is 0 Å². The molecule has 0 saturated heterocycles. The van der Waals surface area contributed by atoms with Crippen molar-refractivity contribution in [1.82, 2.24) is 5.32 Å². The summed E-state index contributed by atoms with van der Waals surface area (Å²) in [6.45, 7) is 1.82. The average molecular weight is 276 g/mol. The molecule has 1 atom stereocenters. The normalized spacial score (nSPS) is 11.8. The summed E-state index contributed by atoms with van der Waals surface area (Å²) < 4.78 is 26.1. The Bertz CT molecular complexity index is 602. The summed E-state index contributed by atoms with van der Waals surface area (Å²) in [6, 6.07) is 11.6. The minimum Gasteiger partial charge on any atom is -0.331 e. The van der Waals surface area contributed by atoms with Gasteiger partial charge in [-0.2, -0.15) is 0 Å². The Morgan fingerprint density at radius 2 is 1.80 bits per heavy atom. The van der Waals surface area contributed by atoms with Crippen molar-refractivity contribution >= 4 is 11.7 Å². The minimum absolute atomic E-state index is 0.0656. The van der Waals surface area contributed by atoms with Crippen LogP contribution < -0.4 is 10.6 Å². The van der Waals surface area contributed by atoms with E-state index in [1.807, 2.05) is 37.3 Å². The molecule has 0 aliphatic carbocycles. The van der Waals surface area contributed by atoms with E-state index in [2.05, 4.69) is 10.6 Å². The van der Waals surface area contributed by atoms with Crippen molar-refractivity contribution in [3.05, 3.63) is 65.7 Å². The zero-order valence-electron chi connectivity index (χ0n) is 10.9. The molecule has 2 amide bonds. The molecule has 0 aromatic heterocycles. The predicted octanol–water partition coefficient (Wildman–Crippen LogP) is 3.85. The molecule has 2 aromatic rings. The maximum Gasteiger partial charge on any atom is 0.319 e. The first-order chi connectivity index (χ1) is 9.56. The van der Waals surface area contributed by atoms with Gasteiger partial charge >= 0.3 is 6.03 Å². The summed E-state index contributed by atoms with van der Waals surface area (Å²) in [5, 5.41) is 5.02. The third-order valence-corrected chi connectivity index (χ3v) is 2.83. The van der Waals surface area contributed by atoms with Crippen LogP contribution in [-0.4, -0.2) is 6.03 Å². The molecule has 0 bridgehead atoms. The van der Waals surface area contributed by atoms with Crippen molar-refractivity contribution in [3.8, 4) is 0 Å². The van der Waals surface area contributed by atoms with Crippen LogP contribution in [0.4, 0.5) is 19.3 Å². The average Bonchev–Trinajstić information content (AvgIpc) is 2.43. The fourth-order valence-corrected chi connectivity index (χ4v) is 1.77. The lowest BCUT2D eigenvalue weighted by atomic mass is 10.1. The highest BCUT2D eigenvalue weighted by atomic mass is 19.1. The first-order valence-electron chi connectivity index (χ1n) is 6.14. The topological polar surface area (TPSA) is 41.1 Å². The lowest BCUT2D eigenvalue weighted by Crippen LogP contribution is -2.31. The van der Waals surface area contributed by atoms with Gasteiger partial charge in [-0.15, -0.1) is 0 Å². The molecule has 104 valence electrons. The van der Waals surface area contributed by atoms with E-state index in [9.17, 15) is 13.6 Å². The number of anilines is 1. The second-order valence-electron chi connectivity index (χ2n) is 4.36. The van der Waals surface area contributed by atoms with Crippen molar-refractivity contribution < 1.29 is 13.6 Å². The smallest absolute Gasteiger partial charge is 0.319 e. The molecule has 2 rings (SSSR count). The maximum atomic E-state index is 13.4. The number of urea groups is 1. The van der Waals surface area contributed by atoms with Gasteiger partial charge in [0.2, 0.25) is 0 Å². The third kappa shape index (κ3) is 3.54. The first-order valence-corrected chi connectivity index (χ1v) is 6.14. The number of benzene rings is 2. The lowest BCUT2D eigenvalue weighted by Gasteiger charge is -2.15. The second kappa shape index (κ2) is 6.14. The Labute approximate surface area is 115 Å². The van der Waals surface area contributed by atoms with Crippen LogP contribution >= 0.6 is 0 Å². The molecule has 0 aliphatic rings. The Morgan fingerprint density at radius 3 is 2.45 bits per heavy atom. The van der Waals surface area contributed by atoms with Crippen molar-refractivity contribution in [1.29, 1.82) is 0 Å². The maximum absolute atomic E-state index is 13.4. The van der Waals surface area contributed by atoms with E-state index in [-0.39, 0.29) is 11.7 Å². The Balaban J connectivity index is 1.99. The van der Waals surface area contributed by atoms with E-state index >= 15 is 0 Å². The molecule has 0 heterocycles. The number of nitrogens with one attached hydrogen (secondary N) is 2. The molecule has 0 fully saturated rings. The SMILES string of the molecule is C[C@@H](NC(=O)Nc1ccc(F)cc1F)c1ccccc1. The summed E-state index contributed by atoms with van der Waals surface area (Å²) in [7, 11) is 0. The molecule has 0 spiro atoms. The molecule has 0 unspecified atom stereocenters. The van der Waals surface area contributed by atoms with Crippen LogP contribution in [0.2, 0.25) is 0 Å². The summed E-state index contributed by atoms with van der Waals surface area (Å²) in [5.41, 5.74) is 0.867. The standard InChI is InChI=1S/C15H14F2N2O/c1-10(11-5-3-2-4-6-11)18-15(20)19-14-8-7-12(16)9-13(14)17/h2-10H,1H3,(H2,18,19,20)/t10-/m1/s1. The molecule has 2 aromatic carbocycles. The van der Waals surface area contributed by atoms with Gasteiger partial charge in [-0.05, 0) is 24.6 Å². The van der Waals surface area contributed by atoms with Crippen LogP contribution in [0.5, 0.6) is 0 Å². The predicted molar refractivity (Wildman–Crippen MR) is 73.4 cm³/mol. The molecule has 20 heavy (non-hydrogen) atoms. The van der Waals surface area contributed by atoms with Crippen LogP contribution in [0.25, 0.3) is 0 Å². The fraction of sp³-hybridized carbons (Fsp3) is 0.133. The van der Waals surface area contributed by atoms with Crippen LogP contribution in [0, 0.1) is 11.6 Å². The fourth-order valence-electron chi connectivity index (χ4n) is 1.77. The molecular weight excluding hydrogens is 262 g/mol. The van der Waals surface area contributed by atoms with Gasteiger partial charge in [0, 0.05) is 6.07 Å². The summed E-state index contributed by atoms with van der Waals surface area (Å²) >= 11 is 0. The van der Waals surface area contributed by atoms with E-state index in [4.69, 9.17) is 0 Å². The van der Waals surface area contributed by atoms with Crippen LogP contribution in [0.15, 0.2) is 48.5 Å². The third-order valence-electron chi connectivity index (χ3n) is 2.83. The molecule has 5 heteroatoms. The van der Waals surface area contributed by atoms with Gasteiger partial charge in [-0.3, -0.25) is 0 Å². The molecular formula is C15H14F2N2O. The Kier molecular flexibility index (Phi) is 4.30. The largest absolute Gasteiger partial charge is 0.331 e. The zero-order valence-corrected chi connectivity index (χ0v) is 10.9. The molecule has 0 aliphatic heterocycles. The second-order valence-corrected chi connectivity index (χ2v) is 4.36. The van der Waals surface area contributed by atoms with E-state index in [1.54, 1.807) is 0 Å². The summed E-state index contributed by atoms with van der Waals surface area (Å²) in [4.78, 5) is 11.8. The van der Waals surface area contributed by atoms with Crippen LogP contribution in [0.1, 0.15) is 18.5 Å². The quantitative estimate of drug-likeness (QED) is 0.878. The zero-order chi connectivity index (χ0) is 14.5. The first kappa shape index (κ1) is 14.0. The van der Waals surface area contributed by atoms with Gasteiger partial charge in [0.15, 0.2) is 0 Å². The lowest BCUT2D eigenvalue weighted by molar-refractivity contribution is 0.249. The van der Waals surface area contributed by atoms with Gasteiger partial charge in [0.05, 0.1) is 11.7 Å². The number of carbonyl (C=O) groups excluding carboxylic acids is 1. The van der Waals surface area contributed by atoms with E-state index in [1.165, 1.54) is 6.07 Å². The number of carbonyl (C=O) groups is 1. The van der Waals surface area contributed by atoms with Crippen molar-refractivity contribution in [3.63, 3.8) is 0 Å². The van der Waals surface area contributed by atoms with Crippen molar-refractivity contribution in [2.45, 2.75) is 13.0 Å². The number of halogens is 2. The van der Waals surface area contributed by atoms with E-state index in [0.717, 1.165) is 17.7 Å². The highest BCUT2D eigenvalue weighted by Crippen LogP contribution is 2.16. The summed E-state index contributed by atoms with van der Waals surface area (Å²) in [5.74, 6) is -1.50. The highest BCUT2D eigenvalue weighted by molar-refractivity contribution is 5.89. The van der Waals surface area contributed by atoms with E-state index in [0.29, 0.717) is 0 Å². The number of amides is 2. The van der Waals surface area contributed by atoms with Gasteiger partial charge in [-0.1, -0.05) is 30.3 Å².